The van der Waals surface area contributed by atoms with E-state index in [2.05, 4.69) is 0 Å². The molecule has 0 bridgehead atoms. The predicted molar refractivity (Wildman–Crippen MR) is 110 cm³/mol. The van der Waals surface area contributed by atoms with E-state index >= 15 is 0 Å². The van der Waals surface area contributed by atoms with E-state index < -0.39 is 0 Å². The Balaban J connectivity index is 1.84. The van der Waals surface area contributed by atoms with Crippen LogP contribution in [0, 0.1) is 5.82 Å². The van der Waals surface area contributed by atoms with Crippen LogP contribution in [-0.2, 0) is 17.7 Å². The second kappa shape index (κ2) is 8.04. The summed E-state index contributed by atoms with van der Waals surface area (Å²) in [6.07, 6.45) is 0.509. The molecule has 0 amide bonds. The summed E-state index contributed by atoms with van der Waals surface area (Å²) in [6.45, 7) is 0.729. The largest absolute Gasteiger partial charge is 0.384 e. The first kappa shape index (κ1) is 18.5. The van der Waals surface area contributed by atoms with Crippen LogP contribution in [0.2, 0.25) is 0 Å². The molecule has 0 aliphatic carbocycles. The number of rotatable bonds is 6. The van der Waals surface area contributed by atoms with Gasteiger partial charge in [0.1, 0.15) is 16.5 Å². The van der Waals surface area contributed by atoms with E-state index in [1.165, 1.54) is 23.5 Å². The lowest BCUT2D eigenvalue weighted by atomic mass is 10.2. The van der Waals surface area contributed by atoms with Crippen molar-refractivity contribution in [1.82, 2.24) is 9.55 Å². The van der Waals surface area contributed by atoms with Gasteiger partial charge in [-0.2, -0.15) is 0 Å². The molecule has 0 saturated heterocycles. The van der Waals surface area contributed by atoms with Gasteiger partial charge in [0.25, 0.3) is 5.56 Å². The van der Waals surface area contributed by atoms with E-state index in [-0.39, 0.29) is 17.9 Å². The molecule has 4 aromatic rings. The summed E-state index contributed by atoms with van der Waals surface area (Å²) in [7, 11) is 1.62. The first-order valence-electron chi connectivity index (χ1n) is 8.98. The van der Waals surface area contributed by atoms with Gasteiger partial charge in [-0.25, -0.2) is 9.37 Å². The van der Waals surface area contributed by atoms with Crippen molar-refractivity contribution < 1.29 is 9.13 Å². The third-order valence-corrected chi connectivity index (χ3v) is 5.63. The van der Waals surface area contributed by atoms with Crippen molar-refractivity contribution in [2.45, 2.75) is 13.0 Å². The average molecular weight is 394 g/mol. The van der Waals surface area contributed by atoms with Gasteiger partial charge in [-0.05, 0) is 29.3 Å². The number of nitrogens with zero attached hydrogens (tertiary/aromatic N) is 2. The number of methoxy groups -OCH3 is 1. The SMILES string of the molecule is COCCc1nc2sc(-c3ccccc3)cc2c(=O)n1Cc1cccc(F)c1. The summed E-state index contributed by atoms with van der Waals surface area (Å²) in [6, 6.07) is 18.1. The second-order valence-corrected chi connectivity index (χ2v) is 7.52. The molecule has 0 radical (unpaired) electrons. The fraction of sp³-hybridized carbons (Fsp3) is 0.182. The van der Waals surface area contributed by atoms with Crippen molar-refractivity contribution in [3.63, 3.8) is 0 Å². The van der Waals surface area contributed by atoms with Crippen molar-refractivity contribution >= 4 is 21.6 Å². The molecule has 0 spiro atoms. The van der Waals surface area contributed by atoms with E-state index in [0.29, 0.717) is 29.1 Å². The first-order valence-corrected chi connectivity index (χ1v) is 9.79. The maximum atomic E-state index is 13.6. The van der Waals surface area contributed by atoms with Crippen molar-refractivity contribution in [3.8, 4) is 10.4 Å². The summed E-state index contributed by atoms with van der Waals surface area (Å²) in [4.78, 5) is 19.7. The third kappa shape index (κ3) is 3.74. The summed E-state index contributed by atoms with van der Waals surface area (Å²) in [5.74, 6) is 0.324. The molecule has 0 atom stereocenters. The van der Waals surface area contributed by atoms with E-state index in [1.54, 1.807) is 17.7 Å². The van der Waals surface area contributed by atoms with Crippen LogP contribution in [0.15, 0.2) is 65.5 Å². The lowest BCUT2D eigenvalue weighted by molar-refractivity contribution is 0.199. The molecular weight excluding hydrogens is 375 g/mol. The zero-order valence-electron chi connectivity index (χ0n) is 15.4. The number of hydrogen-bond acceptors (Lipinski definition) is 4. The Bertz CT molecular complexity index is 1170. The Hall–Kier alpha value is -2.83. The maximum absolute atomic E-state index is 13.6. The molecule has 2 heterocycles. The summed E-state index contributed by atoms with van der Waals surface area (Å²) >= 11 is 1.50. The predicted octanol–water partition coefficient (Wildman–Crippen LogP) is 4.50. The molecule has 0 N–H and O–H groups in total. The van der Waals surface area contributed by atoms with E-state index in [1.807, 2.05) is 42.5 Å². The number of ether oxygens (including phenoxy) is 1. The standard InChI is InChI=1S/C22H19FN2O2S/c1-27-11-10-20-24-21-18(13-19(28-21)16-7-3-2-4-8-16)22(26)25(20)14-15-6-5-9-17(23)12-15/h2-9,12-13H,10-11,14H2,1H3. The van der Waals surface area contributed by atoms with E-state index in [9.17, 15) is 9.18 Å². The van der Waals surface area contributed by atoms with Gasteiger partial charge in [0, 0.05) is 18.4 Å². The minimum absolute atomic E-state index is 0.112. The fourth-order valence-electron chi connectivity index (χ4n) is 3.17. The molecule has 0 unspecified atom stereocenters. The summed E-state index contributed by atoms with van der Waals surface area (Å²) < 4.78 is 20.4. The van der Waals surface area contributed by atoms with Gasteiger partial charge < -0.3 is 4.74 Å². The van der Waals surface area contributed by atoms with Gasteiger partial charge in [0.05, 0.1) is 18.5 Å². The highest BCUT2D eigenvalue weighted by Crippen LogP contribution is 2.31. The quantitative estimate of drug-likeness (QED) is 0.484. The van der Waals surface area contributed by atoms with Crippen molar-refractivity contribution in [1.29, 1.82) is 0 Å². The molecular formula is C22H19FN2O2S. The number of thiophene rings is 1. The normalized spacial score (nSPS) is 11.2. The van der Waals surface area contributed by atoms with Crippen LogP contribution in [0.4, 0.5) is 4.39 Å². The maximum Gasteiger partial charge on any atom is 0.262 e. The molecule has 142 valence electrons. The zero-order valence-corrected chi connectivity index (χ0v) is 16.2. The van der Waals surface area contributed by atoms with Crippen LogP contribution in [0.1, 0.15) is 11.4 Å². The fourth-order valence-corrected chi connectivity index (χ4v) is 4.21. The van der Waals surface area contributed by atoms with Gasteiger partial charge in [0.15, 0.2) is 0 Å². The third-order valence-electron chi connectivity index (χ3n) is 4.55. The van der Waals surface area contributed by atoms with Crippen LogP contribution >= 0.6 is 11.3 Å². The van der Waals surface area contributed by atoms with E-state index in [0.717, 1.165) is 16.0 Å². The second-order valence-electron chi connectivity index (χ2n) is 6.49. The number of benzene rings is 2. The zero-order chi connectivity index (χ0) is 19.5. The van der Waals surface area contributed by atoms with Gasteiger partial charge in [0.2, 0.25) is 0 Å². The molecule has 28 heavy (non-hydrogen) atoms. The van der Waals surface area contributed by atoms with Gasteiger partial charge in [-0.3, -0.25) is 9.36 Å². The Labute approximate surface area is 165 Å². The molecule has 2 aromatic carbocycles. The summed E-state index contributed by atoms with van der Waals surface area (Å²) in [5, 5.41) is 0.585. The number of fused-ring (bicyclic) bond motifs is 1. The number of aromatic nitrogens is 2. The van der Waals surface area contributed by atoms with Gasteiger partial charge in [-0.15, -0.1) is 11.3 Å². The van der Waals surface area contributed by atoms with Crippen LogP contribution in [-0.4, -0.2) is 23.3 Å². The number of hydrogen-bond donors (Lipinski definition) is 0. The number of halogens is 1. The highest BCUT2D eigenvalue weighted by Gasteiger charge is 2.15. The smallest absolute Gasteiger partial charge is 0.262 e. The minimum atomic E-state index is -0.320. The average Bonchev–Trinajstić information content (AvgIpc) is 3.14. The topological polar surface area (TPSA) is 44.1 Å². The molecule has 6 heteroatoms. The van der Waals surface area contributed by atoms with Crippen LogP contribution in [0.3, 0.4) is 0 Å². The molecule has 0 aliphatic heterocycles. The molecule has 0 aliphatic rings. The molecule has 2 aromatic heterocycles. The van der Waals surface area contributed by atoms with Gasteiger partial charge >= 0.3 is 0 Å². The molecule has 0 fully saturated rings. The van der Waals surface area contributed by atoms with Crippen molar-refractivity contribution in [3.05, 3.63) is 88.2 Å². The van der Waals surface area contributed by atoms with Gasteiger partial charge in [-0.1, -0.05) is 42.5 Å². The highest BCUT2D eigenvalue weighted by atomic mass is 32.1. The highest BCUT2D eigenvalue weighted by molar-refractivity contribution is 7.21. The summed E-state index contributed by atoms with van der Waals surface area (Å²) in [5.41, 5.74) is 1.67. The molecule has 0 saturated carbocycles. The van der Waals surface area contributed by atoms with Crippen LogP contribution in [0.5, 0.6) is 0 Å². The Morgan fingerprint density at radius 3 is 2.68 bits per heavy atom. The Morgan fingerprint density at radius 1 is 1.11 bits per heavy atom. The lowest BCUT2D eigenvalue weighted by Crippen LogP contribution is -2.26. The Kier molecular flexibility index (Phi) is 5.32. The van der Waals surface area contributed by atoms with Crippen LogP contribution in [0.25, 0.3) is 20.7 Å². The molecule has 4 nitrogen and oxygen atoms in total. The van der Waals surface area contributed by atoms with Crippen molar-refractivity contribution in [2.75, 3.05) is 13.7 Å². The lowest BCUT2D eigenvalue weighted by Gasteiger charge is -2.12. The first-order chi connectivity index (χ1) is 13.7. The molecule has 4 rings (SSSR count). The Morgan fingerprint density at radius 2 is 1.93 bits per heavy atom. The van der Waals surface area contributed by atoms with Crippen molar-refractivity contribution in [2.24, 2.45) is 0 Å². The van der Waals surface area contributed by atoms with E-state index in [4.69, 9.17) is 9.72 Å². The monoisotopic (exact) mass is 394 g/mol. The van der Waals surface area contributed by atoms with Crippen LogP contribution < -0.4 is 5.56 Å². The minimum Gasteiger partial charge on any atom is -0.384 e.